The highest BCUT2D eigenvalue weighted by molar-refractivity contribution is 5.33. The van der Waals surface area contributed by atoms with Gasteiger partial charge in [-0.1, -0.05) is 56.9 Å². The number of aliphatic hydroxyl groups is 1. The van der Waals surface area contributed by atoms with E-state index in [9.17, 15) is 5.11 Å². The van der Waals surface area contributed by atoms with Crippen LogP contribution in [0.15, 0.2) is 24.3 Å². The van der Waals surface area contributed by atoms with Gasteiger partial charge < -0.3 is 5.11 Å². The van der Waals surface area contributed by atoms with Crippen LogP contribution in [0.4, 0.5) is 0 Å². The molecule has 0 fully saturated rings. The Morgan fingerprint density at radius 1 is 1.11 bits per heavy atom. The summed E-state index contributed by atoms with van der Waals surface area (Å²) >= 11 is 0. The van der Waals surface area contributed by atoms with Crippen molar-refractivity contribution in [1.29, 1.82) is 0 Å². The van der Waals surface area contributed by atoms with E-state index in [0.29, 0.717) is 0 Å². The molecule has 0 saturated heterocycles. The van der Waals surface area contributed by atoms with Gasteiger partial charge in [0.05, 0.1) is 5.60 Å². The summed E-state index contributed by atoms with van der Waals surface area (Å²) in [6.45, 7) is 2.23. The molecule has 0 radical (unpaired) electrons. The predicted molar refractivity (Wildman–Crippen MR) is 76.7 cm³/mol. The highest BCUT2D eigenvalue weighted by Crippen LogP contribution is 2.37. The van der Waals surface area contributed by atoms with Crippen molar-refractivity contribution in [2.45, 2.75) is 70.3 Å². The summed E-state index contributed by atoms with van der Waals surface area (Å²) in [6.07, 6.45) is 10.3. The summed E-state index contributed by atoms with van der Waals surface area (Å²) in [7, 11) is 0. The molecule has 1 aromatic rings. The van der Waals surface area contributed by atoms with Crippen LogP contribution in [0.2, 0.25) is 0 Å². The molecule has 0 aliphatic heterocycles. The number of rotatable bonds is 5. The van der Waals surface area contributed by atoms with E-state index in [-0.39, 0.29) is 0 Å². The summed E-state index contributed by atoms with van der Waals surface area (Å²) in [4.78, 5) is 0. The zero-order valence-electron chi connectivity index (χ0n) is 11.6. The van der Waals surface area contributed by atoms with Crippen LogP contribution in [0, 0.1) is 0 Å². The number of hydrogen-bond donors (Lipinski definition) is 1. The first-order valence-electron chi connectivity index (χ1n) is 7.57. The average Bonchev–Trinajstić information content (AvgIpc) is 2.56. The monoisotopic (exact) mass is 246 g/mol. The summed E-state index contributed by atoms with van der Waals surface area (Å²) in [5, 5.41) is 11.0. The van der Waals surface area contributed by atoms with Gasteiger partial charge in [-0.2, -0.15) is 0 Å². The number of benzene rings is 1. The van der Waals surface area contributed by atoms with Crippen molar-refractivity contribution in [3.63, 3.8) is 0 Å². The Morgan fingerprint density at radius 2 is 1.94 bits per heavy atom. The zero-order valence-corrected chi connectivity index (χ0v) is 11.6. The summed E-state index contributed by atoms with van der Waals surface area (Å²) in [5.74, 6) is 0. The maximum atomic E-state index is 11.0. The minimum absolute atomic E-state index is 0.555. The smallest absolute Gasteiger partial charge is 0.0899 e. The maximum Gasteiger partial charge on any atom is 0.0899 e. The van der Waals surface area contributed by atoms with Crippen molar-refractivity contribution < 1.29 is 5.11 Å². The quantitative estimate of drug-likeness (QED) is 0.596. The Morgan fingerprint density at radius 3 is 2.78 bits per heavy atom. The Kier molecular flexibility index (Phi) is 4.82. The summed E-state index contributed by atoms with van der Waals surface area (Å²) < 4.78 is 0. The lowest BCUT2D eigenvalue weighted by molar-refractivity contribution is 0.0154. The second-order valence-electron chi connectivity index (χ2n) is 5.71. The molecule has 18 heavy (non-hydrogen) atoms. The van der Waals surface area contributed by atoms with Crippen LogP contribution in [0.25, 0.3) is 0 Å². The maximum absolute atomic E-state index is 11.0. The highest BCUT2D eigenvalue weighted by Gasteiger charge is 2.31. The summed E-state index contributed by atoms with van der Waals surface area (Å²) in [5.41, 5.74) is 2.02. The van der Waals surface area contributed by atoms with Crippen LogP contribution in [0.1, 0.15) is 69.4 Å². The van der Waals surface area contributed by atoms with Gasteiger partial charge in [0.1, 0.15) is 0 Å². The molecule has 1 aliphatic carbocycles. The zero-order chi connectivity index (χ0) is 12.8. The van der Waals surface area contributed by atoms with E-state index in [1.165, 1.54) is 36.8 Å². The molecule has 1 unspecified atom stereocenters. The first kappa shape index (κ1) is 13.6. The van der Waals surface area contributed by atoms with Gasteiger partial charge in [-0.05, 0) is 43.2 Å². The Balaban J connectivity index is 2.10. The molecule has 0 spiro atoms. The first-order valence-corrected chi connectivity index (χ1v) is 7.57. The van der Waals surface area contributed by atoms with Gasteiger partial charge >= 0.3 is 0 Å². The average molecular weight is 246 g/mol. The minimum atomic E-state index is -0.555. The molecule has 0 amide bonds. The lowest BCUT2D eigenvalue weighted by Crippen LogP contribution is -2.25. The van der Waals surface area contributed by atoms with Gasteiger partial charge in [0.2, 0.25) is 0 Å². The molecule has 0 bridgehead atoms. The normalized spacial score (nSPS) is 23.4. The molecule has 1 N–H and O–H groups in total. The first-order chi connectivity index (χ1) is 8.76. The Labute approximate surface area is 111 Å². The molecule has 1 heteroatoms. The van der Waals surface area contributed by atoms with Gasteiger partial charge in [0.15, 0.2) is 0 Å². The van der Waals surface area contributed by atoms with Crippen LogP contribution >= 0.6 is 0 Å². The summed E-state index contributed by atoms with van der Waals surface area (Å²) in [6, 6.07) is 8.50. The third kappa shape index (κ3) is 3.14. The van der Waals surface area contributed by atoms with E-state index in [1.807, 2.05) is 0 Å². The molecule has 1 aromatic carbocycles. The third-order valence-electron chi connectivity index (χ3n) is 4.25. The second-order valence-corrected chi connectivity index (χ2v) is 5.71. The Bertz CT molecular complexity index is 372. The van der Waals surface area contributed by atoms with Crippen molar-refractivity contribution >= 4 is 0 Å². The highest BCUT2D eigenvalue weighted by atomic mass is 16.3. The van der Waals surface area contributed by atoms with E-state index in [2.05, 4.69) is 31.2 Å². The van der Waals surface area contributed by atoms with Gasteiger partial charge in [-0.15, -0.1) is 0 Å². The van der Waals surface area contributed by atoms with Crippen molar-refractivity contribution in [2.24, 2.45) is 0 Å². The number of hydrogen-bond acceptors (Lipinski definition) is 1. The largest absolute Gasteiger partial charge is 0.385 e. The van der Waals surface area contributed by atoms with Gasteiger partial charge in [-0.3, -0.25) is 0 Å². The molecule has 0 saturated carbocycles. The lowest BCUT2D eigenvalue weighted by Gasteiger charge is -2.29. The van der Waals surface area contributed by atoms with E-state index in [0.717, 1.165) is 32.1 Å². The number of unbranched alkanes of at least 4 members (excludes halogenated alkanes) is 3. The van der Waals surface area contributed by atoms with Gasteiger partial charge in [-0.25, -0.2) is 0 Å². The number of aryl methyl sites for hydroxylation is 1. The van der Waals surface area contributed by atoms with Crippen molar-refractivity contribution in [3.8, 4) is 0 Å². The molecule has 0 aromatic heterocycles. The van der Waals surface area contributed by atoms with Crippen LogP contribution in [-0.4, -0.2) is 5.11 Å². The van der Waals surface area contributed by atoms with Crippen LogP contribution in [0.3, 0.4) is 0 Å². The molecule has 2 rings (SSSR count). The van der Waals surface area contributed by atoms with Crippen molar-refractivity contribution in [3.05, 3.63) is 35.4 Å². The molecule has 1 nitrogen and oxygen atoms in total. The van der Waals surface area contributed by atoms with E-state index >= 15 is 0 Å². The van der Waals surface area contributed by atoms with E-state index < -0.39 is 5.60 Å². The van der Waals surface area contributed by atoms with Gasteiger partial charge in [0, 0.05) is 0 Å². The molecule has 1 atom stereocenters. The minimum Gasteiger partial charge on any atom is -0.385 e. The van der Waals surface area contributed by atoms with Crippen LogP contribution in [0.5, 0.6) is 0 Å². The fourth-order valence-electron chi connectivity index (χ4n) is 3.16. The van der Waals surface area contributed by atoms with Gasteiger partial charge in [0.25, 0.3) is 0 Å². The molecule has 0 heterocycles. The lowest BCUT2D eigenvalue weighted by atomic mass is 9.83. The third-order valence-corrected chi connectivity index (χ3v) is 4.25. The fourth-order valence-corrected chi connectivity index (χ4v) is 3.16. The van der Waals surface area contributed by atoms with Crippen molar-refractivity contribution in [1.82, 2.24) is 0 Å². The second kappa shape index (κ2) is 6.38. The van der Waals surface area contributed by atoms with Crippen LogP contribution in [-0.2, 0) is 12.0 Å². The van der Waals surface area contributed by atoms with Crippen molar-refractivity contribution in [2.75, 3.05) is 0 Å². The fraction of sp³-hybridized carbons (Fsp3) is 0.647. The predicted octanol–water partition coefficient (Wildman–Crippen LogP) is 4.57. The Hall–Kier alpha value is -0.820. The SMILES string of the molecule is CCCCCCC1(O)CCCCc2ccccc21. The molecule has 100 valence electrons. The van der Waals surface area contributed by atoms with E-state index in [4.69, 9.17) is 0 Å². The van der Waals surface area contributed by atoms with Crippen LogP contribution < -0.4 is 0 Å². The molecular formula is C17H26O. The number of fused-ring (bicyclic) bond motifs is 1. The van der Waals surface area contributed by atoms with E-state index in [1.54, 1.807) is 0 Å². The standard InChI is InChI=1S/C17H26O/c1-2-3-4-8-13-17(18)14-9-7-11-15-10-5-6-12-16(15)17/h5-6,10,12,18H,2-4,7-9,11,13-14H2,1H3. The molecular weight excluding hydrogens is 220 g/mol. The topological polar surface area (TPSA) is 20.2 Å². The molecule has 1 aliphatic rings.